The number of carbonyl (C=O) groups excluding carboxylic acids is 1. The second-order valence-corrected chi connectivity index (χ2v) is 5.60. The predicted octanol–water partition coefficient (Wildman–Crippen LogP) is 3.73. The molecule has 0 aliphatic heterocycles. The molecular weight excluding hydrogens is 274 g/mol. The van der Waals surface area contributed by atoms with E-state index in [0.717, 1.165) is 22.4 Å². The van der Waals surface area contributed by atoms with Gasteiger partial charge in [-0.2, -0.15) is 0 Å². The number of aryl methyl sites for hydroxylation is 2. The van der Waals surface area contributed by atoms with Gasteiger partial charge in [-0.25, -0.2) is 0 Å². The zero-order valence-corrected chi connectivity index (χ0v) is 13.5. The van der Waals surface area contributed by atoms with E-state index >= 15 is 0 Å². The Kier molecular flexibility index (Phi) is 5.59. The van der Waals surface area contributed by atoms with Crippen molar-refractivity contribution < 1.29 is 9.53 Å². The summed E-state index contributed by atoms with van der Waals surface area (Å²) < 4.78 is 5.74. The van der Waals surface area contributed by atoms with E-state index in [4.69, 9.17) is 4.74 Å². The van der Waals surface area contributed by atoms with Gasteiger partial charge in [0.05, 0.1) is 13.0 Å². The minimum absolute atomic E-state index is 0.0918. The summed E-state index contributed by atoms with van der Waals surface area (Å²) in [5, 5.41) is 0. The first kappa shape index (κ1) is 16.1. The lowest BCUT2D eigenvalue weighted by molar-refractivity contribution is -0.130. The van der Waals surface area contributed by atoms with Crippen LogP contribution in [0.1, 0.15) is 23.1 Å². The fraction of sp³-hybridized carbons (Fsp3) is 0.316. The number of hydrogen-bond donors (Lipinski definition) is 0. The number of ether oxygens (including phenoxy) is 1. The highest BCUT2D eigenvalue weighted by Gasteiger charge is 2.10. The summed E-state index contributed by atoms with van der Waals surface area (Å²) in [5.41, 5.74) is 3.39. The minimum Gasteiger partial charge on any atom is -0.493 e. The van der Waals surface area contributed by atoms with Gasteiger partial charge < -0.3 is 9.64 Å². The fourth-order valence-corrected chi connectivity index (χ4v) is 2.25. The predicted molar refractivity (Wildman–Crippen MR) is 88.9 cm³/mol. The molecule has 0 saturated carbocycles. The monoisotopic (exact) mass is 297 g/mol. The quantitative estimate of drug-likeness (QED) is 0.813. The Morgan fingerprint density at radius 2 is 1.82 bits per heavy atom. The average molecular weight is 297 g/mol. The molecule has 0 atom stereocenters. The summed E-state index contributed by atoms with van der Waals surface area (Å²) in [6.07, 6.45) is 0.386. The van der Waals surface area contributed by atoms with Crippen molar-refractivity contribution in [2.45, 2.75) is 26.8 Å². The second-order valence-electron chi connectivity index (χ2n) is 5.60. The van der Waals surface area contributed by atoms with E-state index in [1.54, 1.807) is 4.90 Å². The number of rotatable bonds is 6. The van der Waals surface area contributed by atoms with Crippen LogP contribution in [0.4, 0.5) is 0 Å². The standard InChI is InChI=1S/C19H23NO2/c1-15-9-10-16(2)18(13-15)22-12-11-19(21)20(3)14-17-7-5-4-6-8-17/h4-10,13H,11-12,14H2,1-3H3. The highest BCUT2D eigenvalue weighted by molar-refractivity contribution is 5.76. The van der Waals surface area contributed by atoms with E-state index in [-0.39, 0.29) is 5.91 Å². The maximum atomic E-state index is 12.1. The highest BCUT2D eigenvalue weighted by Crippen LogP contribution is 2.19. The zero-order valence-electron chi connectivity index (χ0n) is 13.5. The minimum atomic E-state index is 0.0918. The lowest BCUT2D eigenvalue weighted by Crippen LogP contribution is -2.27. The van der Waals surface area contributed by atoms with Crippen molar-refractivity contribution in [1.82, 2.24) is 4.90 Å². The van der Waals surface area contributed by atoms with Crippen molar-refractivity contribution >= 4 is 5.91 Å². The number of benzene rings is 2. The van der Waals surface area contributed by atoms with Gasteiger partial charge in [0, 0.05) is 13.6 Å². The van der Waals surface area contributed by atoms with Crippen molar-refractivity contribution in [3.63, 3.8) is 0 Å². The lowest BCUT2D eigenvalue weighted by Gasteiger charge is -2.17. The molecular formula is C19H23NO2. The Balaban J connectivity index is 1.81. The first-order valence-corrected chi connectivity index (χ1v) is 7.54. The number of carbonyl (C=O) groups is 1. The molecule has 0 fully saturated rings. The van der Waals surface area contributed by atoms with E-state index < -0.39 is 0 Å². The third-order valence-electron chi connectivity index (χ3n) is 3.61. The molecule has 3 heteroatoms. The SMILES string of the molecule is Cc1ccc(C)c(OCCC(=O)N(C)Cc2ccccc2)c1. The number of hydrogen-bond acceptors (Lipinski definition) is 2. The normalized spacial score (nSPS) is 10.3. The third kappa shape index (κ3) is 4.62. The van der Waals surface area contributed by atoms with E-state index in [9.17, 15) is 4.79 Å². The van der Waals surface area contributed by atoms with Gasteiger partial charge >= 0.3 is 0 Å². The number of amides is 1. The van der Waals surface area contributed by atoms with Crippen LogP contribution in [0.25, 0.3) is 0 Å². The van der Waals surface area contributed by atoms with Crippen LogP contribution in [0, 0.1) is 13.8 Å². The summed E-state index contributed by atoms with van der Waals surface area (Å²) >= 11 is 0. The molecule has 0 bridgehead atoms. The van der Waals surface area contributed by atoms with Gasteiger partial charge in [0.2, 0.25) is 5.91 Å². The molecule has 0 radical (unpaired) electrons. The maximum Gasteiger partial charge on any atom is 0.226 e. The van der Waals surface area contributed by atoms with Crippen molar-refractivity contribution in [3.05, 3.63) is 65.2 Å². The van der Waals surface area contributed by atoms with Crippen LogP contribution in [0.2, 0.25) is 0 Å². The van der Waals surface area contributed by atoms with Crippen LogP contribution in [0.15, 0.2) is 48.5 Å². The molecule has 3 nitrogen and oxygen atoms in total. The van der Waals surface area contributed by atoms with Crippen LogP contribution in [-0.4, -0.2) is 24.5 Å². The summed E-state index contributed by atoms with van der Waals surface area (Å²) in [7, 11) is 1.83. The third-order valence-corrected chi connectivity index (χ3v) is 3.61. The summed E-state index contributed by atoms with van der Waals surface area (Å²) in [5.74, 6) is 0.952. The van der Waals surface area contributed by atoms with E-state index in [1.165, 1.54) is 0 Å². The van der Waals surface area contributed by atoms with Crippen molar-refractivity contribution in [2.75, 3.05) is 13.7 Å². The summed E-state index contributed by atoms with van der Waals surface area (Å²) in [6, 6.07) is 16.1. The van der Waals surface area contributed by atoms with Gasteiger partial charge in [-0.15, -0.1) is 0 Å². The van der Waals surface area contributed by atoms with Crippen molar-refractivity contribution in [3.8, 4) is 5.75 Å². The molecule has 0 aromatic heterocycles. The van der Waals surface area contributed by atoms with Crippen LogP contribution in [-0.2, 0) is 11.3 Å². The number of nitrogens with zero attached hydrogens (tertiary/aromatic N) is 1. The smallest absolute Gasteiger partial charge is 0.226 e. The Hall–Kier alpha value is -2.29. The lowest BCUT2D eigenvalue weighted by atomic mass is 10.1. The topological polar surface area (TPSA) is 29.5 Å². The molecule has 0 spiro atoms. The van der Waals surface area contributed by atoms with Gasteiger partial charge in [-0.3, -0.25) is 4.79 Å². The van der Waals surface area contributed by atoms with Crippen LogP contribution >= 0.6 is 0 Å². The molecule has 0 N–H and O–H groups in total. The van der Waals surface area contributed by atoms with Gasteiger partial charge in [-0.1, -0.05) is 42.5 Å². The second kappa shape index (κ2) is 7.64. The molecule has 0 aliphatic rings. The van der Waals surface area contributed by atoms with Crippen molar-refractivity contribution in [1.29, 1.82) is 0 Å². The Morgan fingerprint density at radius 1 is 1.09 bits per heavy atom. The van der Waals surface area contributed by atoms with Gasteiger partial charge in [0.25, 0.3) is 0 Å². The van der Waals surface area contributed by atoms with E-state index in [2.05, 4.69) is 6.07 Å². The zero-order chi connectivity index (χ0) is 15.9. The summed E-state index contributed by atoms with van der Waals surface area (Å²) in [6.45, 7) is 5.08. The molecule has 22 heavy (non-hydrogen) atoms. The molecule has 2 rings (SSSR count). The molecule has 2 aromatic rings. The highest BCUT2D eigenvalue weighted by atomic mass is 16.5. The van der Waals surface area contributed by atoms with Crippen molar-refractivity contribution in [2.24, 2.45) is 0 Å². The average Bonchev–Trinajstić information content (AvgIpc) is 2.51. The first-order valence-electron chi connectivity index (χ1n) is 7.54. The Morgan fingerprint density at radius 3 is 2.55 bits per heavy atom. The van der Waals surface area contributed by atoms with Crippen LogP contribution in [0.5, 0.6) is 5.75 Å². The van der Waals surface area contributed by atoms with Crippen LogP contribution < -0.4 is 4.74 Å². The van der Waals surface area contributed by atoms with Gasteiger partial charge in [-0.05, 0) is 36.6 Å². The largest absolute Gasteiger partial charge is 0.493 e. The molecule has 0 saturated heterocycles. The molecule has 0 heterocycles. The van der Waals surface area contributed by atoms with Gasteiger partial charge in [0.1, 0.15) is 5.75 Å². The van der Waals surface area contributed by atoms with E-state index in [0.29, 0.717) is 19.6 Å². The summed E-state index contributed by atoms with van der Waals surface area (Å²) in [4.78, 5) is 13.9. The fourth-order valence-electron chi connectivity index (χ4n) is 2.25. The Labute approximate surface area is 132 Å². The van der Waals surface area contributed by atoms with E-state index in [1.807, 2.05) is 63.4 Å². The Bertz CT molecular complexity index is 623. The molecule has 0 aliphatic carbocycles. The first-order chi connectivity index (χ1) is 10.6. The molecule has 2 aromatic carbocycles. The van der Waals surface area contributed by atoms with Crippen LogP contribution in [0.3, 0.4) is 0 Å². The molecule has 0 unspecified atom stereocenters. The maximum absolute atomic E-state index is 12.1. The molecule has 116 valence electrons. The molecule has 1 amide bonds. The van der Waals surface area contributed by atoms with Gasteiger partial charge in [0.15, 0.2) is 0 Å².